The summed E-state index contributed by atoms with van der Waals surface area (Å²) in [5, 5.41) is 2.78. The Hall–Kier alpha value is -2.10. The molecular weight excluding hydrogens is 436 g/mol. The van der Waals surface area contributed by atoms with Gasteiger partial charge in [-0.1, -0.05) is 0 Å². The summed E-state index contributed by atoms with van der Waals surface area (Å²) in [6.45, 7) is 4.41. The van der Waals surface area contributed by atoms with Gasteiger partial charge in [-0.2, -0.15) is 0 Å². The van der Waals surface area contributed by atoms with Gasteiger partial charge in [-0.15, -0.1) is 0 Å². The largest absolute Gasteiger partial charge is 0.486 e. The second-order valence-corrected chi connectivity index (χ2v) is 8.80. The number of nitrogens with one attached hydrogen (secondary N) is 2. The molecule has 1 aliphatic rings. The van der Waals surface area contributed by atoms with Crippen LogP contribution in [0, 0.1) is 0 Å². The first-order chi connectivity index (χ1) is 12.8. The monoisotopic (exact) mass is 454 g/mol. The molecule has 1 heterocycles. The molecule has 0 aromatic heterocycles. The summed E-state index contributed by atoms with van der Waals surface area (Å²) >= 11 is 3.40. The summed E-state index contributed by atoms with van der Waals surface area (Å²) in [7, 11) is -3.60. The van der Waals surface area contributed by atoms with Crippen molar-refractivity contribution in [3.05, 3.63) is 46.4 Å². The second-order valence-electron chi connectivity index (χ2n) is 6.23. The highest BCUT2D eigenvalue weighted by molar-refractivity contribution is 9.10. The minimum atomic E-state index is -3.60. The zero-order valence-corrected chi connectivity index (χ0v) is 17.2. The number of fused-ring (bicyclic) bond motifs is 1. The lowest BCUT2D eigenvalue weighted by Crippen LogP contribution is -2.30. The molecule has 2 aromatic rings. The van der Waals surface area contributed by atoms with E-state index in [1.54, 1.807) is 26.0 Å². The van der Waals surface area contributed by atoms with Gasteiger partial charge in [0.2, 0.25) is 10.0 Å². The van der Waals surface area contributed by atoms with Crippen molar-refractivity contribution in [3.8, 4) is 11.5 Å². The molecular formula is C18H19BrN2O5S. The molecule has 0 bridgehead atoms. The fourth-order valence-electron chi connectivity index (χ4n) is 2.52. The van der Waals surface area contributed by atoms with Gasteiger partial charge < -0.3 is 14.8 Å². The number of amides is 1. The smallest absolute Gasteiger partial charge is 0.255 e. The Morgan fingerprint density at radius 3 is 2.26 bits per heavy atom. The average molecular weight is 455 g/mol. The van der Waals surface area contributed by atoms with Crippen LogP contribution in [0.2, 0.25) is 0 Å². The lowest BCUT2D eigenvalue weighted by molar-refractivity contribution is 0.102. The van der Waals surface area contributed by atoms with Crippen LogP contribution in [0.4, 0.5) is 5.69 Å². The molecule has 7 nitrogen and oxygen atoms in total. The van der Waals surface area contributed by atoms with Crippen LogP contribution < -0.4 is 19.5 Å². The van der Waals surface area contributed by atoms with Crippen LogP contribution >= 0.6 is 15.9 Å². The molecule has 1 aliphatic heterocycles. The molecule has 0 spiro atoms. The third-order valence-corrected chi connectivity index (χ3v) is 6.03. The van der Waals surface area contributed by atoms with E-state index in [4.69, 9.17) is 9.47 Å². The van der Waals surface area contributed by atoms with E-state index in [0.29, 0.717) is 40.4 Å². The number of benzene rings is 2. The first-order valence-corrected chi connectivity index (χ1v) is 10.6. The molecule has 0 fully saturated rings. The highest BCUT2D eigenvalue weighted by Gasteiger charge is 2.18. The van der Waals surface area contributed by atoms with E-state index in [1.165, 1.54) is 24.3 Å². The van der Waals surface area contributed by atoms with Crippen molar-refractivity contribution >= 4 is 37.5 Å². The van der Waals surface area contributed by atoms with Gasteiger partial charge in [0, 0.05) is 28.2 Å². The number of carbonyl (C=O) groups is 1. The van der Waals surface area contributed by atoms with E-state index in [9.17, 15) is 13.2 Å². The molecule has 9 heteroatoms. The van der Waals surface area contributed by atoms with Gasteiger partial charge in [0.25, 0.3) is 5.91 Å². The SMILES string of the molecule is CC(C)NS(=O)(=O)c1ccc(C(=O)Nc2cc3c(cc2Br)OCCO3)cc1. The lowest BCUT2D eigenvalue weighted by atomic mass is 10.2. The second kappa shape index (κ2) is 7.87. The van der Waals surface area contributed by atoms with Crippen molar-refractivity contribution in [1.29, 1.82) is 0 Å². The van der Waals surface area contributed by atoms with Gasteiger partial charge in [-0.25, -0.2) is 13.1 Å². The number of ether oxygens (including phenoxy) is 2. The minimum Gasteiger partial charge on any atom is -0.486 e. The van der Waals surface area contributed by atoms with Crippen LogP contribution in [0.25, 0.3) is 0 Å². The van der Waals surface area contributed by atoms with E-state index in [0.717, 1.165) is 0 Å². The maximum absolute atomic E-state index is 12.5. The minimum absolute atomic E-state index is 0.105. The molecule has 2 aromatic carbocycles. The number of carbonyl (C=O) groups excluding carboxylic acids is 1. The molecule has 2 N–H and O–H groups in total. The highest BCUT2D eigenvalue weighted by Crippen LogP contribution is 2.38. The maximum atomic E-state index is 12.5. The lowest BCUT2D eigenvalue weighted by Gasteiger charge is -2.20. The Morgan fingerprint density at radius 1 is 1.07 bits per heavy atom. The third-order valence-electron chi connectivity index (χ3n) is 3.70. The Morgan fingerprint density at radius 2 is 1.67 bits per heavy atom. The molecule has 0 saturated heterocycles. The Labute approximate surface area is 166 Å². The highest BCUT2D eigenvalue weighted by atomic mass is 79.9. The van der Waals surface area contributed by atoms with Gasteiger partial charge in [-0.05, 0) is 54.0 Å². The normalized spacial score (nSPS) is 13.5. The predicted molar refractivity (Wildman–Crippen MR) is 105 cm³/mol. The van der Waals surface area contributed by atoms with E-state index in [2.05, 4.69) is 26.0 Å². The van der Waals surface area contributed by atoms with Gasteiger partial charge in [0.1, 0.15) is 13.2 Å². The van der Waals surface area contributed by atoms with Gasteiger partial charge >= 0.3 is 0 Å². The topological polar surface area (TPSA) is 93.7 Å². The Balaban J connectivity index is 1.77. The molecule has 0 unspecified atom stereocenters. The van der Waals surface area contributed by atoms with Gasteiger partial charge in [0.05, 0.1) is 10.6 Å². The van der Waals surface area contributed by atoms with Crippen molar-refractivity contribution in [2.45, 2.75) is 24.8 Å². The zero-order valence-electron chi connectivity index (χ0n) is 14.8. The average Bonchev–Trinajstić information content (AvgIpc) is 2.61. The van der Waals surface area contributed by atoms with Crippen LogP contribution in [0.3, 0.4) is 0 Å². The van der Waals surface area contributed by atoms with E-state index < -0.39 is 10.0 Å². The first kappa shape index (κ1) is 19.7. The summed E-state index contributed by atoms with van der Waals surface area (Å²) in [6.07, 6.45) is 0. The summed E-state index contributed by atoms with van der Waals surface area (Å²) in [4.78, 5) is 12.6. The Kier molecular flexibility index (Phi) is 5.73. The van der Waals surface area contributed by atoms with Crippen LogP contribution in [-0.2, 0) is 10.0 Å². The van der Waals surface area contributed by atoms with Crippen LogP contribution in [-0.4, -0.2) is 33.6 Å². The number of hydrogen-bond donors (Lipinski definition) is 2. The van der Waals surface area contributed by atoms with Crippen molar-refractivity contribution in [3.63, 3.8) is 0 Å². The molecule has 27 heavy (non-hydrogen) atoms. The van der Waals surface area contributed by atoms with Gasteiger partial charge in [0.15, 0.2) is 11.5 Å². The van der Waals surface area contributed by atoms with E-state index in [-0.39, 0.29) is 16.8 Å². The van der Waals surface area contributed by atoms with Gasteiger partial charge in [-0.3, -0.25) is 4.79 Å². The van der Waals surface area contributed by atoms with Crippen LogP contribution in [0.1, 0.15) is 24.2 Å². The Bertz CT molecular complexity index is 958. The summed E-state index contributed by atoms with van der Waals surface area (Å²) in [5.74, 6) is 0.799. The first-order valence-electron chi connectivity index (χ1n) is 8.29. The molecule has 3 rings (SSSR count). The van der Waals surface area contributed by atoms with Crippen molar-refractivity contribution in [2.75, 3.05) is 18.5 Å². The quantitative estimate of drug-likeness (QED) is 0.723. The van der Waals surface area contributed by atoms with E-state index in [1.807, 2.05) is 0 Å². The number of rotatable bonds is 5. The van der Waals surface area contributed by atoms with Crippen molar-refractivity contribution < 1.29 is 22.7 Å². The van der Waals surface area contributed by atoms with E-state index >= 15 is 0 Å². The molecule has 0 atom stereocenters. The standard InChI is InChI=1S/C18H19BrN2O5S/c1-11(2)21-27(23,24)13-5-3-12(4-6-13)18(22)20-15-10-17-16(9-14(15)19)25-7-8-26-17/h3-6,9-11,21H,7-8H2,1-2H3,(H,20,22). The molecule has 0 saturated carbocycles. The van der Waals surface area contributed by atoms with Crippen LogP contribution in [0.5, 0.6) is 11.5 Å². The number of anilines is 1. The number of sulfonamides is 1. The fraction of sp³-hybridized carbons (Fsp3) is 0.278. The fourth-order valence-corrected chi connectivity index (χ4v) is 4.19. The summed E-state index contributed by atoms with van der Waals surface area (Å²) < 4.78 is 38.5. The molecule has 144 valence electrons. The number of hydrogen-bond acceptors (Lipinski definition) is 5. The summed E-state index contributed by atoms with van der Waals surface area (Å²) in [6, 6.07) is 8.94. The maximum Gasteiger partial charge on any atom is 0.255 e. The molecule has 0 aliphatic carbocycles. The summed E-state index contributed by atoms with van der Waals surface area (Å²) in [5.41, 5.74) is 0.864. The van der Waals surface area contributed by atoms with Crippen molar-refractivity contribution in [2.24, 2.45) is 0 Å². The zero-order chi connectivity index (χ0) is 19.6. The molecule has 1 amide bonds. The number of halogens is 1. The van der Waals surface area contributed by atoms with Crippen LogP contribution in [0.15, 0.2) is 45.8 Å². The predicted octanol–water partition coefficient (Wildman–Crippen LogP) is 3.16. The third kappa shape index (κ3) is 4.60. The van der Waals surface area contributed by atoms with Crippen molar-refractivity contribution in [1.82, 2.24) is 4.72 Å². The molecule has 0 radical (unpaired) electrons.